The van der Waals surface area contributed by atoms with Crippen molar-refractivity contribution in [3.8, 4) is 0 Å². The molecule has 3 amide bonds. The van der Waals surface area contributed by atoms with E-state index in [1.165, 1.54) is 4.90 Å². The summed E-state index contributed by atoms with van der Waals surface area (Å²) in [5.74, 6) is -0.733. The largest absolute Gasteiger partial charge is 0.376 e. The van der Waals surface area contributed by atoms with E-state index in [1.54, 1.807) is 23.1 Å². The molecule has 0 radical (unpaired) electrons. The molecule has 1 aromatic rings. The summed E-state index contributed by atoms with van der Waals surface area (Å²) >= 11 is 0. The number of carbonyl (C=O) groups excluding carboxylic acids is 3. The third-order valence-electron chi connectivity index (χ3n) is 5.80. The van der Waals surface area contributed by atoms with Crippen molar-refractivity contribution in [1.82, 2.24) is 15.1 Å². The highest BCUT2D eigenvalue weighted by atomic mass is 35.5. The van der Waals surface area contributed by atoms with E-state index in [9.17, 15) is 14.4 Å². The highest BCUT2D eigenvalue weighted by molar-refractivity contribution is 6.22. The molecule has 0 bridgehead atoms. The van der Waals surface area contributed by atoms with Gasteiger partial charge < -0.3 is 15.0 Å². The van der Waals surface area contributed by atoms with Crippen LogP contribution in [0.4, 0.5) is 0 Å². The van der Waals surface area contributed by atoms with Crippen LogP contribution in [-0.4, -0.2) is 73.0 Å². The second-order valence-electron chi connectivity index (χ2n) is 7.51. The third-order valence-corrected chi connectivity index (χ3v) is 5.80. The van der Waals surface area contributed by atoms with Crippen LogP contribution < -0.4 is 5.32 Å². The molecule has 1 N–H and O–H groups in total. The molecular weight excluding hydrogens is 382 g/mol. The Morgan fingerprint density at radius 3 is 2.57 bits per heavy atom. The average Bonchev–Trinajstić information content (AvgIpc) is 3.30. The van der Waals surface area contributed by atoms with Gasteiger partial charge in [0, 0.05) is 25.3 Å². The first-order valence-electron chi connectivity index (χ1n) is 9.66. The standard InChI is InChI=1S/C20H25N3O4.ClH/c1-22(14-6-8-21-9-7-14)18(24)13-4-5-16-17(11-13)20(26)23(19(16)25)12-15-3-2-10-27-15;/h4-5,11,14-15,21H,2-3,6-10,12H2,1H3;1H. The topological polar surface area (TPSA) is 79.0 Å². The Labute approximate surface area is 170 Å². The molecule has 1 unspecified atom stereocenters. The second-order valence-corrected chi connectivity index (χ2v) is 7.51. The van der Waals surface area contributed by atoms with Crippen LogP contribution in [-0.2, 0) is 4.74 Å². The van der Waals surface area contributed by atoms with E-state index in [2.05, 4.69) is 5.32 Å². The number of halogens is 1. The van der Waals surface area contributed by atoms with Crippen LogP contribution >= 0.6 is 12.4 Å². The highest BCUT2D eigenvalue weighted by Crippen LogP contribution is 2.27. The number of piperidine rings is 1. The van der Waals surface area contributed by atoms with Gasteiger partial charge in [-0.05, 0) is 57.0 Å². The minimum atomic E-state index is -0.329. The van der Waals surface area contributed by atoms with Crippen LogP contribution in [0, 0.1) is 0 Å². The lowest BCUT2D eigenvalue weighted by atomic mass is 10.0. The molecule has 0 aromatic heterocycles. The summed E-state index contributed by atoms with van der Waals surface area (Å²) in [6, 6.07) is 5.03. The molecule has 1 atom stereocenters. The van der Waals surface area contributed by atoms with E-state index in [1.807, 2.05) is 7.05 Å². The zero-order chi connectivity index (χ0) is 19.0. The lowest BCUT2D eigenvalue weighted by molar-refractivity contribution is 0.0475. The Balaban J connectivity index is 0.00000225. The molecule has 0 aliphatic carbocycles. The molecule has 0 saturated carbocycles. The summed E-state index contributed by atoms with van der Waals surface area (Å²) < 4.78 is 5.56. The molecule has 8 heteroatoms. The Morgan fingerprint density at radius 2 is 1.89 bits per heavy atom. The van der Waals surface area contributed by atoms with Crippen molar-refractivity contribution in [3.05, 3.63) is 34.9 Å². The van der Waals surface area contributed by atoms with Crippen molar-refractivity contribution in [1.29, 1.82) is 0 Å². The maximum atomic E-state index is 12.9. The molecule has 28 heavy (non-hydrogen) atoms. The van der Waals surface area contributed by atoms with Crippen LogP contribution in [0.15, 0.2) is 18.2 Å². The molecule has 0 spiro atoms. The quantitative estimate of drug-likeness (QED) is 0.768. The predicted octanol–water partition coefficient (Wildman–Crippen LogP) is 1.71. The average molecular weight is 408 g/mol. The van der Waals surface area contributed by atoms with Crippen molar-refractivity contribution in [2.24, 2.45) is 0 Å². The summed E-state index contributed by atoms with van der Waals surface area (Å²) in [5, 5.41) is 3.29. The molecule has 3 heterocycles. The van der Waals surface area contributed by atoms with E-state index in [0.29, 0.717) is 23.3 Å². The lowest BCUT2D eigenvalue weighted by Crippen LogP contribution is -2.44. The highest BCUT2D eigenvalue weighted by Gasteiger charge is 2.38. The summed E-state index contributed by atoms with van der Waals surface area (Å²) in [4.78, 5) is 41.2. The number of carbonyl (C=O) groups is 3. The van der Waals surface area contributed by atoms with Gasteiger partial charge in [0.15, 0.2) is 0 Å². The zero-order valence-corrected chi connectivity index (χ0v) is 16.8. The van der Waals surface area contributed by atoms with E-state index in [4.69, 9.17) is 4.74 Å². The number of nitrogens with one attached hydrogen (secondary N) is 1. The molecule has 1 aromatic carbocycles. The van der Waals surface area contributed by atoms with Crippen LogP contribution in [0.25, 0.3) is 0 Å². The predicted molar refractivity (Wildman–Crippen MR) is 106 cm³/mol. The zero-order valence-electron chi connectivity index (χ0n) is 16.0. The molecule has 3 aliphatic heterocycles. The van der Waals surface area contributed by atoms with Crippen molar-refractivity contribution in [2.45, 2.75) is 37.8 Å². The minimum absolute atomic E-state index is 0. The molecule has 3 aliphatic rings. The van der Waals surface area contributed by atoms with Gasteiger partial charge >= 0.3 is 0 Å². The number of benzene rings is 1. The fourth-order valence-corrected chi connectivity index (χ4v) is 4.14. The van der Waals surface area contributed by atoms with Crippen LogP contribution in [0.2, 0.25) is 0 Å². The summed E-state index contributed by atoms with van der Waals surface area (Å²) in [6.45, 7) is 2.76. The molecular formula is C20H26ClN3O4. The van der Waals surface area contributed by atoms with E-state index in [0.717, 1.165) is 38.8 Å². The van der Waals surface area contributed by atoms with Gasteiger partial charge in [0.05, 0.1) is 23.8 Å². The number of amides is 3. The van der Waals surface area contributed by atoms with E-state index < -0.39 is 0 Å². The molecule has 7 nitrogen and oxygen atoms in total. The smallest absolute Gasteiger partial charge is 0.261 e. The van der Waals surface area contributed by atoms with Gasteiger partial charge in [0.1, 0.15) is 0 Å². The van der Waals surface area contributed by atoms with Gasteiger partial charge in [-0.25, -0.2) is 0 Å². The van der Waals surface area contributed by atoms with Crippen LogP contribution in [0.5, 0.6) is 0 Å². The van der Waals surface area contributed by atoms with Crippen LogP contribution in [0.3, 0.4) is 0 Å². The van der Waals surface area contributed by atoms with E-state index in [-0.39, 0.29) is 48.8 Å². The number of imide groups is 1. The fourth-order valence-electron chi connectivity index (χ4n) is 4.14. The second kappa shape index (κ2) is 8.59. The molecule has 152 valence electrons. The molecule has 4 rings (SSSR count). The Hall–Kier alpha value is -1.96. The van der Waals surface area contributed by atoms with Gasteiger partial charge in [0.25, 0.3) is 17.7 Å². The number of fused-ring (bicyclic) bond motifs is 1. The van der Waals surface area contributed by atoms with Crippen LogP contribution in [0.1, 0.15) is 56.8 Å². The van der Waals surface area contributed by atoms with Gasteiger partial charge in [-0.1, -0.05) is 0 Å². The fraction of sp³-hybridized carbons (Fsp3) is 0.550. The minimum Gasteiger partial charge on any atom is -0.376 e. The maximum Gasteiger partial charge on any atom is 0.261 e. The van der Waals surface area contributed by atoms with Crippen molar-refractivity contribution < 1.29 is 19.1 Å². The third kappa shape index (κ3) is 3.79. The monoisotopic (exact) mass is 407 g/mol. The van der Waals surface area contributed by atoms with Gasteiger partial charge in [0.2, 0.25) is 0 Å². The molecule has 2 saturated heterocycles. The summed E-state index contributed by atoms with van der Waals surface area (Å²) in [5.41, 5.74) is 1.15. The number of rotatable bonds is 4. The number of ether oxygens (including phenoxy) is 1. The van der Waals surface area contributed by atoms with E-state index >= 15 is 0 Å². The number of hydrogen-bond acceptors (Lipinski definition) is 5. The first-order valence-corrected chi connectivity index (χ1v) is 9.66. The Morgan fingerprint density at radius 1 is 1.18 bits per heavy atom. The summed E-state index contributed by atoms with van der Waals surface area (Å²) in [7, 11) is 1.81. The number of hydrogen-bond donors (Lipinski definition) is 1. The van der Waals surface area contributed by atoms with Gasteiger partial charge in [-0.2, -0.15) is 0 Å². The van der Waals surface area contributed by atoms with Gasteiger partial charge in [-0.15, -0.1) is 12.4 Å². The first-order chi connectivity index (χ1) is 13.1. The SMILES string of the molecule is CN(C(=O)c1ccc2c(c1)C(=O)N(CC1CCCO1)C2=O)C1CCNCC1.Cl. The summed E-state index contributed by atoms with van der Waals surface area (Å²) in [6.07, 6.45) is 3.56. The Bertz CT molecular complexity index is 773. The van der Waals surface area contributed by atoms with Crippen molar-refractivity contribution in [3.63, 3.8) is 0 Å². The van der Waals surface area contributed by atoms with Crippen molar-refractivity contribution >= 4 is 30.1 Å². The van der Waals surface area contributed by atoms with Crippen molar-refractivity contribution in [2.75, 3.05) is 33.3 Å². The first kappa shape index (κ1) is 20.8. The lowest BCUT2D eigenvalue weighted by Gasteiger charge is -2.31. The molecule has 2 fully saturated rings. The normalized spacial score (nSPS) is 22.2. The Kier molecular flexibility index (Phi) is 6.37. The van der Waals surface area contributed by atoms with Gasteiger partial charge in [-0.3, -0.25) is 19.3 Å². The number of nitrogens with zero attached hydrogens (tertiary/aromatic N) is 2. The maximum absolute atomic E-state index is 12.9.